The molecule has 0 aliphatic rings. The van der Waals surface area contributed by atoms with E-state index in [1.54, 1.807) is 13.8 Å². The summed E-state index contributed by atoms with van der Waals surface area (Å²) in [6, 6.07) is -0.262. The lowest BCUT2D eigenvalue weighted by Gasteiger charge is -2.15. The van der Waals surface area contributed by atoms with Crippen LogP contribution in [0.3, 0.4) is 0 Å². The van der Waals surface area contributed by atoms with Crippen LogP contribution in [0.15, 0.2) is 12.4 Å². The first-order valence-electron chi connectivity index (χ1n) is 4.09. The highest BCUT2D eigenvalue weighted by Crippen LogP contribution is 1.96. The van der Waals surface area contributed by atoms with Gasteiger partial charge in [0.2, 0.25) is 0 Å². The summed E-state index contributed by atoms with van der Waals surface area (Å²) in [4.78, 5) is 11.3. The van der Waals surface area contributed by atoms with E-state index < -0.39 is 6.10 Å². The molecular formula is C8H13N3O2. The number of aliphatic hydroxyl groups excluding tert-OH is 1. The summed E-state index contributed by atoms with van der Waals surface area (Å²) >= 11 is 0. The highest BCUT2D eigenvalue weighted by Gasteiger charge is 2.13. The molecule has 0 fully saturated rings. The zero-order chi connectivity index (χ0) is 9.84. The van der Waals surface area contributed by atoms with Crippen LogP contribution in [0, 0.1) is 0 Å². The summed E-state index contributed by atoms with van der Waals surface area (Å²) in [5.41, 5.74) is 0.465. The van der Waals surface area contributed by atoms with Crippen LogP contribution in [0.25, 0.3) is 0 Å². The number of carbonyl (C=O) groups excluding carboxylic acids is 1. The van der Waals surface area contributed by atoms with Crippen molar-refractivity contribution < 1.29 is 9.90 Å². The molecule has 2 unspecified atom stereocenters. The number of hydrogen-bond donors (Lipinski definition) is 3. The molecule has 3 N–H and O–H groups in total. The first-order chi connectivity index (χ1) is 6.11. The number of hydrogen-bond acceptors (Lipinski definition) is 3. The van der Waals surface area contributed by atoms with Gasteiger partial charge in [0, 0.05) is 6.20 Å². The molecule has 1 rings (SSSR count). The topological polar surface area (TPSA) is 78.0 Å². The van der Waals surface area contributed by atoms with Gasteiger partial charge in [-0.15, -0.1) is 0 Å². The minimum atomic E-state index is -0.559. The summed E-state index contributed by atoms with van der Waals surface area (Å²) in [6.45, 7) is 3.36. The van der Waals surface area contributed by atoms with Gasteiger partial charge in [0.25, 0.3) is 5.91 Å². The second-order valence-electron chi connectivity index (χ2n) is 2.99. The number of rotatable bonds is 3. The fourth-order valence-electron chi connectivity index (χ4n) is 0.786. The molecule has 5 heteroatoms. The third-order valence-electron chi connectivity index (χ3n) is 1.84. The normalized spacial score (nSPS) is 15.0. The molecule has 2 atom stereocenters. The van der Waals surface area contributed by atoms with Crippen molar-refractivity contribution in [3.05, 3.63) is 18.0 Å². The number of amides is 1. The molecule has 0 saturated carbocycles. The van der Waals surface area contributed by atoms with Crippen LogP contribution in [0.2, 0.25) is 0 Å². The Labute approximate surface area is 76.2 Å². The van der Waals surface area contributed by atoms with Gasteiger partial charge in [-0.25, -0.2) is 0 Å². The minimum absolute atomic E-state index is 0.234. The highest BCUT2D eigenvalue weighted by atomic mass is 16.3. The molecule has 0 spiro atoms. The second kappa shape index (κ2) is 4.04. The monoisotopic (exact) mass is 183 g/mol. The molecule has 0 aromatic carbocycles. The Bertz CT molecular complexity index is 269. The Morgan fingerprint density at radius 1 is 1.69 bits per heavy atom. The SMILES string of the molecule is CC(O)C(C)NC(=O)c1cn[nH]c1. The predicted molar refractivity (Wildman–Crippen MR) is 47.2 cm³/mol. The maximum absolute atomic E-state index is 11.3. The zero-order valence-corrected chi connectivity index (χ0v) is 7.61. The maximum Gasteiger partial charge on any atom is 0.254 e. The minimum Gasteiger partial charge on any atom is -0.391 e. The summed E-state index contributed by atoms with van der Waals surface area (Å²) < 4.78 is 0. The van der Waals surface area contributed by atoms with Crippen LogP contribution in [0.5, 0.6) is 0 Å². The first kappa shape index (κ1) is 9.73. The van der Waals surface area contributed by atoms with Crippen LogP contribution in [-0.2, 0) is 0 Å². The van der Waals surface area contributed by atoms with Gasteiger partial charge in [0.1, 0.15) is 0 Å². The fourth-order valence-corrected chi connectivity index (χ4v) is 0.786. The lowest BCUT2D eigenvalue weighted by Crippen LogP contribution is -2.39. The molecule has 0 aliphatic heterocycles. The molecule has 13 heavy (non-hydrogen) atoms. The Kier molecular flexibility index (Phi) is 3.02. The molecular weight excluding hydrogens is 170 g/mol. The van der Waals surface area contributed by atoms with Gasteiger partial charge in [0.15, 0.2) is 0 Å². The van der Waals surface area contributed by atoms with E-state index in [2.05, 4.69) is 15.5 Å². The first-order valence-corrected chi connectivity index (χ1v) is 4.09. The van der Waals surface area contributed by atoms with Crippen molar-refractivity contribution in [2.75, 3.05) is 0 Å². The van der Waals surface area contributed by atoms with E-state index in [1.807, 2.05) is 0 Å². The van der Waals surface area contributed by atoms with Gasteiger partial charge >= 0.3 is 0 Å². The van der Waals surface area contributed by atoms with Gasteiger partial charge in [0.05, 0.1) is 23.9 Å². The lowest BCUT2D eigenvalue weighted by molar-refractivity contribution is 0.0874. The number of nitrogens with zero attached hydrogens (tertiary/aromatic N) is 1. The van der Waals surface area contributed by atoms with Crippen molar-refractivity contribution in [3.8, 4) is 0 Å². The Hall–Kier alpha value is -1.36. The van der Waals surface area contributed by atoms with E-state index in [1.165, 1.54) is 12.4 Å². The van der Waals surface area contributed by atoms with Crippen molar-refractivity contribution in [3.63, 3.8) is 0 Å². The predicted octanol–water partition coefficient (Wildman–Crippen LogP) is -0.0912. The Balaban J connectivity index is 2.52. The van der Waals surface area contributed by atoms with Crippen molar-refractivity contribution in [1.82, 2.24) is 15.5 Å². The molecule has 1 aromatic rings. The second-order valence-corrected chi connectivity index (χ2v) is 2.99. The Morgan fingerprint density at radius 3 is 2.85 bits per heavy atom. The standard InChI is InChI=1S/C8H13N3O2/c1-5(6(2)12)11-8(13)7-3-9-10-4-7/h3-6,12H,1-2H3,(H,9,10)(H,11,13). The molecule has 72 valence electrons. The van der Waals surface area contributed by atoms with Crippen molar-refractivity contribution in [1.29, 1.82) is 0 Å². The van der Waals surface area contributed by atoms with Gasteiger partial charge in [-0.05, 0) is 13.8 Å². The van der Waals surface area contributed by atoms with Crippen molar-refractivity contribution in [2.45, 2.75) is 26.0 Å². The molecule has 0 saturated heterocycles. The smallest absolute Gasteiger partial charge is 0.254 e. The summed E-state index contributed by atoms with van der Waals surface area (Å²) in [7, 11) is 0. The average Bonchev–Trinajstić information content (AvgIpc) is 2.55. The largest absolute Gasteiger partial charge is 0.391 e. The Morgan fingerprint density at radius 2 is 2.38 bits per heavy atom. The molecule has 5 nitrogen and oxygen atoms in total. The summed E-state index contributed by atoms with van der Waals surface area (Å²) in [5.74, 6) is -0.234. The molecule has 0 bridgehead atoms. The number of aliphatic hydroxyl groups is 1. The number of H-pyrrole nitrogens is 1. The number of aromatic nitrogens is 2. The fraction of sp³-hybridized carbons (Fsp3) is 0.500. The highest BCUT2D eigenvalue weighted by molar-refractivity contribution is 5.93. The van der Waals surface area contributed by atoms with Gasteiger partial charge in [-0.3, -0.25) is 9.89 Å². The van der Waals surface area contributed by atoms with E-state index in [4.69, 9.17) is 5.11 Å². The maximum atomic E-state index is 11.3. The number of aromatic amines is 1. The van der Waals surface area contributed by atoms with Crippen molar-refractivity contribution >= 4 is 5.91 Å². The van der Waals surface area contributed by atoms with E-state index in [-0.39, 0.29) is 11.9 Å². The van der Waals surface area contributed by atoms with E-state index in [0.29, 0.717) is 5.56 Å². The van der Waals surface area contributed by atoms with Crippen LogP contribution >= 0.6 is 0 Å². The van der Waals surface area contributed by atoms with Crippen LogP contribution < -0.4 is 5.32 Å². The van der Waals surface area contributed by atoms with Crippen LogP contribution in [-0.4, -0.2) is 33.4 Å². The van der Waals surface area contributed by atoms with Gasteiger partial charge < -0.3 is 10.4 Å². The summed E-state index contributed by atoms with van der Waals surface area (Å²) in [5, 5.41) is 17.9. The number of nitrogens with one attached hydrogen (secondary N) is 2. The van der Waals surface area contributed by atoms with E-state index in [0.717, 1.165) is 0 Å². The molecule has 1 heterocycles. The third-order valence-corrected chi connectivity index (χ3v) is 1.84. The van der Waals surface area contributed by atoms with Crippen LogP contribution in [0.4, 0.5) is 0 Å². The molecule has 0 aliphatic carbocycles. The van der Waals surface area contributed by atoms with E-state index in [9.17, 15) is 4.79 Å². The van der Waals surface area contributed by atoms with Crippen LogP contribution in [0.1, 0.15) is 24.2 Å². The average molecular weight is 183 g/mol. The lowest BCUT2D eigenvalue weighted by atomic mass is 10.2. The summed E-state index contributed by atoms with van der Waals surface area (Å²) in [6.07, 6.45) is 2.38. The number of carbonyl (C=O) groups is 1. The molecule has 0 radical (unpaired) electrons. The zero-order valence-electron chi connectivity index (χ0n) is 7.61. The third kappa shape index (κ3) is 2.55. The van der Waals surface area contributed by atoms with Crippen molar-refractivity contribution in [2.24, 2.45) is 0 Å². The molecule has 1 amide bonds. The quantitative estimate of drug-likeness (QED) is 0.612. The van der Waals surface area contributed by atoms with E-state index >= 15 is 0 Å². The van der Waals surface area contributed by atoms with Gasteiger partial charge in [-0.1, -0.05) is 0 Å². The molecule has 1 aromatic heterocycles. The van der Waals surface area contributed by atoms with Gasteiger partial charge in [-0.2, -0.15) is 5.10 Å².